The van der Waals surface area contributed by atoms with Gasteiger partial charge in [0.1, 0.15) is 6.11 Å². The first-order chi connectivity index (χ1) is 7.35. The smallest absolute Gasteiger partial charge is 0.221 e. The van der Waals surface area contributed by atoms with E-state index in [-0.39, 0.29) is 0 Å². The number of rotatable bonds is 3. The summed E-state index contributed by atoms with van der Waals surface area (Å²) in [6.45, 7) is 0. The van der Waals surface area contributed by atoms with E-state index >= 15 is 0 Å². The topological polar surface area (TPSA) is 18.5 Å². The molecule has 0 heterocycles. The van der Waals surface area contributed by atoms with E-state index in [0.717, 1.165) is 12.8 Å². The van der Waals surface area contributed by atoms with Crippen LogP contribution in [0.5, 0.6) is 0 Å². The van der Waals surface area contributed by atoms with Crippen LogP contribution in [-0.4, -0.2) is 11.9 Å². The van der Waals surface area contributed by atoms with Crippen molar-refractivity contribution < 1.29 is 9.47 Å². The number of hydrogen-bond acceptors (Lipinski definition) is 2. The van der Waals surface area contributed by atoms with E-state index in [4.69, 9.17) is 15.9 Å². The van der Waals surface area contributed by atoms with E-state index in [1.807, 2.05) is 0 Å². The third-order valence-corrected chi connectivity index (χ3v) is 3.54. The van der Waals surface area contributed by atoms with Gasteiger partial charge >= 0.3 is 0 Å². The zero-order valence-electron chi connectivity index (χ0n) is 9.34. The second kappa shape index (κ2) is 4.90. The first-order valence-electron chi connectivity index (χ1n) is 6.16. The average Bonchev–Trinajstić information content (AvgIpc) is 2.72. The Morgan fingerprint density at radius 2 is 1.67 bits per heavy atom. The Morgan fingerprint density at radius 3 is 2.27 bits per heavy atom. The lowest BCUT2D eigenvalue weighted by Crippen LogP contribution is -2.39. The van der Waals surface area contributed by atoms with Crippen molar-refractivity contribution in [3.63, 3.8) is 0 Å². The number of hydrogen-bond donors (Lipinski definition) is 0. The predicted molar refractivity (Wildman–Crippen MR) is 59.1 cm³/mol. The van der Waals surface area contributed by atoms with Gasteiger partial charge < -0.3 is 9.47 Å². The van der Waals surface area contributed by atoms with E-state index in [2.05, 4.69) is 6.11 Å². The van der Waals surface area contributed by atoms with E-state index in [0.29, 0.717) is 6.10 Å². The molecule has 84 valence electrons. The van der Waals surface area contributed by atoms with Crippen LogP contribution < -0.4 is 0 Å². The molecule has 2 saturated carbocycles. The molecule has 0 bridgehead atoms. The summed E-state index contributed by atoms with van der Waals surface area (Å²) in [5.41, 5.74) is 0. The fourth-order valence-corrected chi connectivity index (χ4v) is 2.75. The van der Waals surface area contributed by atoms with Gasteiger partial charge in [0, 0.05) is 12.8 Å². The van der Waals surface area contributed by atoms with Crippen LogP contribution in [0, 0.1) is 12.5 Å². The molecule has 2 rings (SSSR count). The van der Waals surface area contributed by atoms with Crippen LogP contribution in [-0.2, 0) is 9.47 Å². The van der Waals surface area contributed by atoms with Crippen molar-refractivity contribution in [3.05, 3.63) is 0 Å². The quantitative estimate of drug-likeness (QED) is 0.523. The van der Waals surface area contributed by atoms with Gasteiger partial charge in [-0.2, -0.15) is 0 Å². The van der Waals surface area contributed by atoms with E-state index in [1.54, 1.807) is 0 Å². The van der Waals surface area contributed by atoms with E-state index < -0.39 is 5.79 Å². The average molecular weight is 208 g/mol. The molecule has 0 unspecified atom stereocenters. The van der Waals surface area contributed by atoms with Gasteiger partial charge in [0.15, 0.2) is 0 Å². The molecule has 0 aromatic rings. The minimum atomic E-state index is -0.442. The predicted octanol–water partition coefficient (Wildman–Crippen LogP) is 3.21. The van der Waals surface area contributed by atoms with Crippen LogP contribution in [0.3, 0.4) is 0 Å². The van der Waals surface area contributed by atoms with Crippen molar-refractivity contribution in [2.75, 3.05) is 0 Å². The minimum Gasteiger partial charge on any atom is -0.412 e. The van der Waals surface area contributed by atoms with Gasteiger partial charge in [-0.1, -0.05) is 25.7 Å². The highest BCUT2D eigenvalue weighted by Gasteiger charge is 2.38. The van der Waals surface area contributed by atoms with E-state index in [9.17, 15) is 0 Å². The van der Waals surface area contributed by atoms with Crippen molar-refractivity contribution in [2.24, 2.45) is 0 Å². The van der Waals surface area contributed by atoms with Gasteiger partial charge in [-0.05, 0) is 25.7 Å². The Hall–Kier alpha value is -0.680. The van der Waals surface area contributed by atoms with Crippen LogP contribution in [0.4, 0.5) is 0 Å². The monoisotopic (exact) mass is 208 g/mol. The lowest BCUT2D eigenvalue weighted by Gasteiger charge is -2.36. The third-order valence-electron chi connectivity index (χ3n) is 3.54. The maximum absolute atomic E-state index is 6.12. The third kappa shape index (κ3) is 2.66. The van der Waals surface area contributed by atoms with Crippen molar-refractivity contribution in [3.8, 4) is 12.5 Å². The fourth-order valence-electron chi connectivity index (χ4n) is 2.75. The van der Waals surface area contributed by atoms with Gasteiger partial charge in [0.2, 0.25) is 5.79 Å². The molecule has 0 amide bonds. The highest BCUT2D eigenvalue weighted by atomic mass is 16.7. The molecule has 0 aliphatic heterocycles. The molecule has 0 saturated heterocycles. The molecule has 0 atom stereocenters. The molecule has 0 radical (unpaired) electrons. The van der Waals surface area contributed by atoms with Crippen molar-refractivity contribution >= 4 is 0 Å². The summed E-state index contributed by atoms with van der Waals surface area (Å²) in [7, 11) is 0. The fraction of sp³-hybridized carbons (Fsp3) is 0.846. The molecule has 15 heavy (non-hydrogen) atoms. The second-order valence-corrected chi connectivity index (χ2v) is 4.72. The van der Waals surface area contributed by atoms with Crippen LogP contribution >= 0.6 is 0 Å². The van der Waals surface area contributed by atoms with Gasteiger partial charge in [-0.25, -0.2) is 0 Å². The van der Waals surface area contributed by atoms with Crippen LogP contribution in [0.2, 0.25) is 0 Å². The summed E-state index contributed by atoms with van der Waals surface area (Å²) in [5, 5.41) is 0. The van der Waals surface area contributed by atoms with Crippen LogP contribution in [0.1, 0.15) is 57.8 Å². The van der Waals surface area contributed by atoms with Crippen LogP contribution in [0.15, 0.2) is 0 Å². The zero-order valence-corrected chi connectivity index (χ0v) is 9.34. The maximum Gasteiger partial charge on any atom is 0.221 e. The van der Waals surface area contributed by atoms with E-state index in [1.165, 1.54) is 44.9 Å². The molecule has 2 nitrogen and oxygen atoms in total. The molecule has 0 spiro atoms. The summed E-state index contributed by atoms with van der Waals surface area (Å²) in [6, 6.07) is 0. The molecule has 0 N–H and O–H groups in total. The zero-order chi connectivity index (χ0) is 10.6. The summed E-state index contributed by atoms with van der Waals surface area (Å²) in [5.74, 6) is -0.442. The highest BCUT2D eigenvalue weighted by Crippen LogP contribution is 2.36. The first-order valence-corrected chi connectivity index (χ1v) is 6.16. The van der Waals surface area contributed by atoms with Gasteiger partial charge in [-0.3, -0.25) is 0 Å². The Kier molecular flexibility index (Phi) is 3.53. The lowest BCUT2D eigenvalue weighted by molar-refractivity contribution is -0.240. The Labute approximate surface area is 92.3 Å². The standard InChI is InChI=1S/C13H20O2/c1-2-14-13(10-6-3-7-11-13)15-12-8-4-5-9-12/h1,12H,3-11H2. The van der Waals surface area contributed by atoms with Crippen molar-refractivity contribution in [2.45, 2.75) is 69.7 Å². The summed E-state index contributed by atoms with van der Waals surface area (Å²) >= 11 is 0. The molecule has 2 aliphatic rings. The van der Waals surface area contributed by atoms with Crippen LogP contribution in [0.25, 0.3) is 0 Å². The summed E-state index contributed by atoms with van der Waals surface area (Å²) < 4.78 is 11.6. The Balaban J connectivity index is 1.94. The summed E-state index contributed by atoms with van der Waals surface area (Å²) in [6.07, 6.45) is 18.5. The molecular weight excluding hydrogens is 188 g/mol. The van der Waals surface area contributed by atoms with Crippen molar-refractivity contribution in [1.82, 2.24) is 0 Å². The normalized spacial score (nSPS) is 26.1. The molecule has 2 aliphatic carbocycles. The SMILES string of the molecule is C#COC1(OC2CCCC2)CCCCC1. The number of ether oxygens (including phenoxy) is 2. The Morgan fingerprint density at radius 1 is 1.00 bits per heavy atom. The molecule has 2 heteroatoms. The second-order valence-electron chi connectivity index (χ2n) is 4.72. The van der Waals surface area contributed by atoms with Gasteiger partial charge in [-0.15, -0.1) is 0 Å². The number of terminal acetylenes is 1. The highest BCUT2D eigenvalue weighted by molar-refractivity contribution is 4.84. The largest absolute Gasteiger partial charge is 0.412 e. The van der Waals surface area contributed by atoms with Gasteiger partial charge in [0.25, 0.3) is 0 Å². The first kappa shape index (κ1) is 10.8. The maximum atomic E-state index is 6.12. The Bertz CT molecular complexity index is 229. The minimum absolute atomic E-state index is 0.386. The summed E-state index contributed by atoms with van der Waals surface area (Å²) in [4.78, 5) is 0. The molecule has 2 fully saturated rings. The van der Waals surface area contributed by atoms with Gasteiger partial charge in [0.05, 0.1) is 6.10 Å². The lowest BCUT2D eigenvalue weighted by atomic mass is 9.94. The molecule has 0 aromatic heterocycles. The molecular formula is C13H20O2. The van der Waals surface area contributed by atoms with Crippen molar-refractivity contribution in [1.29, 1.82) is 0 Å². The molecule has 0 aromatic carbocycles.